The Morgan fingerprint density at radius 3 is 1.81 bits per heavy atom. The van der Waals surface area contributed by atoms with Crippen molar-refractivity contribution in [3.63, 3.8) is 0 Å². The average molecular weight is 250 g/mol. The molecule has 1 aromatic rings. The second-order valence-corrected chi connectivity index (χ2v) is 4.79. The summed E-state index contributed by atoms with van der Waals surface area (Å²) >= 11 is 0.959. The Hall–Kier alpha value is -0.110. The van der Waals surface area contributed by atoms with Crippen LogP contribution in [0.4, 0.5) is 0 Å². The Kier molecular flexibility index (Phi) is 7.21. The molecule has 0 amide bonds. The van der Waals surface area contributed by atoms with Crippen molar-refractivity contribution >= 4 is 35.8 Å². The van der Waals surface area contributed by atoms with E-state index in [1.54, 1.807) is 0 Å². The maximum absolute atomic E-state index is 8.88. The van der Waals surface area contributed by atoms with E-state index >= 15 is 0 Å². The molecular formula is C10H12NaO4P. The third-order valence-corrected chi connectivity index (χ3v) is 1.74. The number of hydrogen-bond donors (Lipinski definition) is 3. The molecule has 1 aromatic carbocycles. The summed E-state index contributed by atoms with van der Waals surface area (Å²) in [6, 6.07) is 6.41. The maximum Gasteiger partial charge on any atom is 0.466 e. The molecule has 0 atom stereocenters. The van der Waals surface area contributed by atoms with Gasteiger partial charge >= 0.3 is 93.6 Å². The second kappa shape index (κ2) is 7.26. The quantitative estimate of drug-likeness (QED) is 0.362. The molecule has 6 heteroatoms. The summed E-state index contributed by atoms with van der Waals surface area (Å²) in [5, 5.41) is 0. The van der Waals surface area contributed by atoms with Gasteiger partial charge in [-0.1, -0.05) is 0 Å². The van der Waals surface area contributed by atoms with E-state index in [9.17, 15) is 0 Å². The van der Waals surface area contributed by atoms with Crippen LogP contribution in [-0.4, -0.2) is 42.6 Å². The fraction of sp³-hybridized carbons (Fsp3) is 0.200. The predicted octanol–water partition coefficient (Wildman–Crippen LogP) is 0.852. The minimum atomic E-state index is -4.64. The van der Waals surface area contributed by atoms with Crippen molar-refractivity contribution in [1.82, 2.24) is 0 Å². The first-order valence-corrected chi connectivity index (χ1v) is 7.08. The van der Waals surface area contributed by atoms with Crippen molar-refractivity contribution < 1.29 is 19.2 Å². The Morgan fingerprint density at radius 2 is 1.50 bits per heavy atom. The summed E-state index contributed by atoms with van der Waals surface area (Å²) in [4.78, 5) is 21.6. The van der Waals surface area contributed by atoms with Crippen LogP contribution in [0.1, 0.15) is 16.7 Å². The molecule has 1 rings (SSSR count). The molecule has 0 aliphatic heterocycles. The normalized spacial score (nSPS) is 9.69. The van der Waals surface area contributed by atoms with E-state index in [2.05, 4.69) is 41.1 Å². The number of benzene rings is 1. The molecule has 0 aliphatic carbocycles. The smallest absolute Gasteiger partial charge is 0.303 e. The van der Waals surface area contributed by atoms with E-state index in [0.717, 1.165) is 33.5 Å². The van der Waals surface area contributed by atoms with E-state index in [4.69, 9.17) is 19.2 Å². The standard InChI is InChI=1S/C10H9.Na.H3O4P/c1-4-10-6-8(2)5-9(3)7-10;;1-5(2,3)4/h5-7H,2-3H3;;(H3,1,2,3,4). The molecule has 3 N–H and O–H groups in total. The van der Waals surface area contributed by atoms with Crippen molar-refractivity contribution in [2.24, 2.45) is 0 Å². The van der Waals surface area contributed by atoms with Crippen LogP contribution in [0.2, 0.25) is 0 Å². The van der Waals surface area contributed by atoms with Gasteiger partial charge in [-0.05, 0) is 0 Å². The van der Waals surface area contributed by atoms with Gasteiger partial charge in [0.25, 0.3) is 0 Å². The average Bonchev–Trinajstić information content (AvgIpc) is 1.98. The molecule has 0 unspecified atom stereocenters. The second-order valence-electron chi connectivity index (χ2n) is 3.26. The first kappa shape index (κ1) is 15.9. The first-order valence-electron chi connectivity index (χ1n) is 4.51. The molecule has 0 saturated carbocycles. The fourth-order valence-electron chi connectivity index (χ4n) is 1.19. The van der Waals surface area contributed by atoms with Crippen LogP contribution < -0.4 is 0 Å². The van der Waals surface area contributed by atoms with Gasteiger partial charge in [-0.2, -0.15) is 0 Å². The van der Waals surface area contributed by atoms with Gasteiger partial charge in [-0.25, -0.2) is 4.57 Å². The molecule has 0 saturated heterocycles. The third-order valence-electron chi connectivity index (χ3n) is 1.49. The molecule has 0 spiro atoms. The van der Waals surface area contributed by atoms with Gasteiger partial charge in [0.05, 0.1) is 0 Å². The van der Waals surface area contributed by atoms with Crippen LogP contribution in [0.25, 0.3) is 0 Å². The predicted molar refractivity (Wildman–Crippen MR) is 62.8 cm³/mol. The summed E-state index contributed by atoms with van der Waals surface area (Å²) < 4.78 is 11.9. The molecule has 4 nitrogen and oxygen atoms in total. The molecule has 0 aromatic heterocycles. The van der Waals surface area contributed by atoms with E-state index in [1.165, 1.54) is 11.1 Å². The molecule has 0 fully saturated rings. The van der Waals surface area contributed by atoms with Gasteiger partial charge in [-0.3, -0.25) is 0 Å². The summed E-state index contributed by atoms with van der Waals surface area (Å²) in [5.74, 6) is 3.10. The Morgan fingerprint density at radius 1 is 1.12 bits per heavy atom. The SMILES string of the molecule is Cc1cc(C)cc(C#[C][Na])c1.O=P(O)(O)O. The fourth-order valence-corrected chi connectivity index (χ4v) is 1.48. The molecule has 16 heavy (non-hydrogen) atoms. The largest absolute Gasteiger partial charge is 0.466 e. The van der Waals surface area contributed by atoms with Gasteiger partial charge in [0.15, 0.2) is 0 Å². The van der Waals surface area contributed by atoms with Crippen molar-refractivity contribution in [3.05, 3.63) is 34.9 Å². The number of hydrogen-bond acceptors (Lipinski definition) is 1. The Bertz CT molecular complexity index is 427. The topological polar surface area (TPSA) is 77.8 Å². The number of phosphoric acid groups is 1. The first-order chi connectivity index (χ1) is 7.22. The van der Waals surface area contributed by atoms with Gasteiger partial charge in [0.2, 0.25) is 0 Å². The van der Waals surface area contributed by atoms with Crippen molar-refractivity contribution in [2.75, 3.05) is 0 Å². The van der Waals surface area contributed by atoms with E-state index in [0.29, 0.717) is 0 Å². The number of aryl methyl sites for hydroxylation is 2. The van der Waals surface area contributed by atoms with E-state index < -0.39 is 7.82 Å². The van der Waals surface area contributed by atoms with Crippen molar-refractivity contribution in [2.45, 2.75) is 13.8 Å². The monoisotopic (exact) mass is 250 g/mol. The number of rotatable bonds is 0. The Labute approximate surface area is 112 Å². The summed E-state index contributed by atoms with van der Waals surface area (Å²) in [7, 11) is -4.64. The maximum atomic E-state index is 8.88. The zero-order valence-corrected chi connectivity index (χ0v) is 12.3. The summed E-state index contributed by atoms with van der Waals surface area (Å²) in [6.45, 7) is 4.20. The minimum absolute atomic E-state index is 0.959. The van der Waals surface area contributed by atoms with Gasteiger partial charge in [0.1, 0.15) is 0 Å². The minimum Gasteiger partial charge on any atom is -0.303 e. The molecule has 0 aliphatic rings. The Balaban J connectivity index is 0.000000385. The zero-order valence-electron chi connectivity index (χ0n) is 9.43. The summed E-state index contributed by atoms with van der Waals surface area (Å²) in [5.41, 5.74) is 3.74. The third kappa shape index (κ3) is 10.4. The molecule has 0 bridgehead atoms. The van der Waals surface area contributed by atoms with Crippen LogP contribution in [0.5, 0.6) is 0 Å². The van der Waals surface area contributed by atoms with E-state index in [1.807, 2.05) is 0 Å². The van der Waals surface area contributed by atoms with Crippen molar-refractivity contribution in [3.8, 4) is 9.09 Å². The molecule has 0 radical (unpaired) electrons. The van der Waals surface area contributed by atoms with Crippen molar-refractivity contribution in [1.29, 1.82) is 0 Å². The van der Waals surface area contributed by atoms with Crippen LogP contribution in [0, 0.1) is 22.9 Å². The van der Waals surface area contributed by atoms with Crippen LogP contribution in [-0.2, 0) is 4.57 Å². The molecule has 82 valence electrons. The summed E-state index contributed by atoms with van der Waals surface area (Å²) in [6.07, 6.45) is 0. The van der Waals surface area contributed by atoms with Crippen LogP contribution in [0.15, 0.2) is 18.2 Å². The van der Waals surface area contributed by atoms with Gasteiger partial charge in [0, 0.05) is 0 Å². The van der Waals surface area contributed by atoms with Crippen LogP contribution >= 0.6 is 7.82 Å². The van der Waals surface area contributed by atoms with Gasteiger partial charge in [-0.15, -0.1) is 0 Å². The zero-order chi connectivity index (χ0) is 12.8. The van der Waals surface area contributed by atoms with E-state index in [-0.39, 0.29) is 0 Å². The van der Waals surface area contributed by atoms with Crippen LogP contribution in [0.3, 0.4) is 0 Å². The van der Waals surface area contributed by atoms with Gasteiger partial charge < -0.3 is 14.7 Å². The molecular weight excluding hydrogens is 238 g/mol. The molecule has 0 heterocycles.